The lowest BCUT2D eigenvalue weighted by atomic mass is 9.95. The third-order valence-electron chi connectivity index (χ3n) is 4.61. The highest BCUT2D eigenvalue weighted by atomic mass is 32.2. The largest absolute Gasteiger partial charge is 0.370 e. The Morgan fingerprint density at radius 1 is 1.11 bits per heavy atom. The Morgan fingerprint density at radius 2 is 1.86 bits per heavy atom. The predicted octanol–water partition coefficient (Wildman–Crippen LogP) is 3.55. The first kappa shape index (κ1) is 18.5. The molecule has 1 aliphatic heterocycles. The van der Waals surface area contributed by atoms with Crippen molar-refractivity contribution in [2.75, 3.05) is 20.9 Å². The summed E-state index contributed by atoms with van der Waals surface area (Å²) >= 11 is 1.76. The van der Waals surface area contributed by atoms with Gasteiger partial charge in [0.05, 0.1) is 0 Å². The molecule has 3 aromatic rings. The van der Waals surface area contributed by atoms with Crippen LogP contribution < -0.4 is 5.73 Å². The third-order valence-corrected chi connectivity index (χ3v) is 5.79. The van der Waals surface area contributed by atoms with Gasteiger partial charge >= 0.3 is 0 Å². The van der Waals surface area contributed by atoms with Gasteiger partial charge in [0.2, 0.25) is 0 Å². The molecule has 0 amide bonds. The van der Waals surface area contributed by atoms with E-state index in [0.29, 0.717) is 12.7 Å². The summed E-state index contributed by atoms with van der Waals surface area (Å²) in [6.45, 7) is 0.382. The number of benzene rings is 2. The van der Waals surface area contributed by atoms with E-state index in [9.17, 15) is 0 Å². The fraction of sp³-hybridized carbons (Fsp3) is 0.190. The standard InChI is InChI=1S/C21H21N5OS/c1-26(13-27-2)21(22)25-20-16-5-3-4-6-18(16)28-19-8-7-14(9-17(19)20)15-10-23-12-24-11-15/h3-12,20H,13H2,1-2H3,(H2,22,25). The van der Waals surface area contributed by atoms with Crippen LogP contribution in [0.3, 0.4) is 0 Å². The summed E-state index contributed by atoms with van der Waals surface area (Å²) in [4.78, 5) is 17.3. The van der Waals surface area contributed by atoms with E-state index in [1.54, 1.807) is 23.8 Å². The summed E-state index contributed by atoms with van der Waals surface area (Å²) < 4.78 is 5.18. The molecule has 7 heteroatoms. The normalized spacial score (nSPS) is 15.6. The SMILES string of the molecule is COCN(C)/C(N)=N\C1c2ccccc2Sc2ccc(-c3cncnc3)cc21. The molecule has 142 valence electrons. The number of methoxy groups -OCH3 is 1. The first-order chi connectivity index (χ1) is 13.7. The third kappa shape index (κ3) is 3.58. The van der Waals surface area contributed by atoms with Gasteiger partial charge < -0.3 is 15.4 Å². The van der Waals surface area contributed by atoms with Crippen LogP contribution in [-0.2, 0) is 4.74 Å². The fourth-order valence-electron chi connectivity index (χ4n) is 3.20. The molecule has 0 aliphatic carbocycles. The van der Waals surface area contributed by atoms with Gasteiger partial charge in [0.1, 0.15) is 19.1 Å². The maximum Gasteiger partial charge on any atom is 0.193 e. The van der Waals surface area contributed by atoms with Crippen molar-refractivity contribution in [1.29, 1.82) is 0 Å². The molecule has 0 saturated heterocycles. The number of guanidine groups is 1. The molecule has 0 radical (unpaired) electrons. The van der Waals surface area contributed by atoms with Crippen molar-refractivity contribution in [3.63, 3.8) is 0 Å². The van der Waals surface area contributed by atoms with Crippen LogP contribution in [-0.4, -0.2) is 41.7 Å². The van der Waals surface area contributed by atoms with Crippen molar-refractivity contribution in [1.82, 2.24) is 14.9 Å². The van der Waals surface area contributed by atoms with E-state index in [1.165, 1.54) is 16.1 Å². The molecule has 1 unspecified atom stereocenters. The van der Waals surface area contributed by atoms with Crippen LogP contribution in [0.5, 0.6) is 0 Å². The van der Waals surface area contributed by atoms with Crippen LogP contribution in [0.2, 0.25) is 0 Å². The number of hydrogen-bond donors (Lipinski definition) is 1. The Hall–Kier alpha value is -2.90. The Balaban J connectivity index is 1.82. The van der Waals surface area contributed by atoms with Gasteiger partial charge in [-0.2, -0.15) is 0 Å². The molecule has 28 heavy (non-hydrogen) atoms. The van der Waals surface area contributed by atoms with Gasteiger partial charge in [0.15, 0.2) is 5.96 Å². The van der Waals surface area contributed by atoms with Crippen molar-refractivity contribution in [3.8, 4) is 11.1 Å². The lowest BCUT2D eigenvalue weighted by Crippen LogP contribution is -2.36. The first-order valence-corrected chi connectivity index (χ1v) is 9.68. The van der Waals surface area contributed by atoms with Gasteiger partial charge in [-0.3, -0.25) is 0 Å². The molecule has 0 saturated carbocycles. The van der Waals surface area contributed by atoms with Crippen LogP contribution in [0.4, 0.5) is 0 Å². The van der Waals surface area contributed by atoms with Crippen LogP contribution in [0.15, 0.2) is 76.0 Å². The summed E-state index contributed by atoms with van der Waals surface area (Å²) in [5.41, 5.74) is 10.6. The Morgan fingerprint density at radius 3 is 2.64 bits per heavy atom. The van der Waals surface area contributed by atoms with Crippen LogP contribution in [0.25, 0.3) is 11.1 Å². The van der Waals surface area contributed by atoms with Gasteiger partial charge in [-0.05, 0) is 34.9 Å². The monoisotopic (exact) mass is 391 g/mol. The fourth-order valence-corrected chi connectivity index (χ4v) is 4.30. The predicted molar refractivity (Wildman–Crippen MR) is 111 cm³/mol. The number of nitrogens with two attached hydrogens (primary N) is 1. The molecular formula is C21H21N5OS. The van der Waals surface area contributed by atoms with Gasteiger partial charge in [-0.1, -0.05) is 36.0 Å². The number of rotatable bonds is 4. The molecule has 6 nitrogen and oxygen atoms in total. The van der Waals surface area contributed by atoms with E-state index in [0.717, 1.165) is 22.3 Å². The number of aromatic nitrogens is 2. The summed E-state index contributed by atoms with van der Waals surface area (Å²) in [6.07, 6.45) is 5.17. The van der Waals surface area contributed by atoms with Crippen molar-refractivity contribution < 1.29 is 4.74 Å². The van der Waals surface area contributed by atoms with E-state index >= 15 is 0 Å². The Labute approximate surface area is 168 Å². The van der Waals surface area contributed by atoms with Crippen LogP contribution in [0, 0.1) is 0 Å². The minimum absolute atomic E-state index is 0.184. The van der Waals surface area contributed by atoms with Gasteiger partial charge in [-0.25, -0.2) is 15.0 Å². The lowest BCUT2D eigenvalue weighted by Gasteiger charge is -2.27. The molecule has 2 heterocycles. The maximum atomic E-state index is 6.27. The molecular weight excluding hydrogens is 370 g/mol. The minimum atomic E-state index is -0.184. The highest BCUT2D eigenvalue weighted by molar-refractivity contribution is 7.99. The minimum Gasteiger partial charge on any atom is -0.370 e. The summed E-state index contributed by atoms with van der Waals surface area (Å²) in [5.74, 6) is 0.438. The highest BCUT2D eigenvalue weighted by Gasteiger charge is 2.27. The number of ether oxygens (including phenoxy) is 1. The zero-order chi connectivity index (χ0) is 19.5. The average Bonchev–Trinajstić information content (AvgIpc) is 2.74. The maximum absolute atomic E-state index is 6.27. The average molecular weight is 392 g/mol. The molecule has 2 N–H and O–H groups in total. The molecule has 0 spiro atoms. The van der Waals surface area contributed by atoms with Gasteiger partial charge in [0.25, 0.3) is 0 Å². The quantitative estimate of drug-likeness (QED) is 0.416. The topological polar surface area (TPSA) is 76.6 Å². The van der Waals surface area contributed by atoms with Crippen molar-refractivity contribution in [2.24, 2.45) is 10.7 Å². The zero-order valence-corrected chi connectivity index (χ0v) is 16.6. The summed E-state index contributed by atoms with van der Waals surface area (Å²) in [5, 5.41) is 0. The first-order valence-electron chi connectivity index (χ1n) is 8.87. The van der Waals surface area contributed by atoms with Crippen molar-refractivity contribution >= 4 is 17.7 Å². The number of aliphatic imine (C=N–C) groups is 1. The van der Waals surface area contributed by atoms with E-state index < -0.39 is 0 Å². The smallest absolute Gasteiger partial charge is 0.193 e. The van der Waals surface area contributed by atoms with E-state index in [4.69, 9.17) is 15.5 Å². The number of hydrogen-bond acceptors (Lipinski definition) is 5. The number of fused-ring (bicyclic) bond motifs is 2. The highest BCUT2D eigenvalue weighted by Crippen LogP contribution is 2.47. The molecule has 1 aliphatic rings. The van der Waals surface area contributed by atoms with Crippen LogP contribution in [0.1, 0.15) is 17.2 Å². The molecule has 2 aromatic carbocycles. The lowest BCUT2D eigenvalue weighted by molar-refractivity contribution is 0.123. The Kier molecular flexibility index (Phi) is 5.27. The van der Waals surface area contributed by atoms with Crippen molar-refractivity contribution in [3.05, 3.63) is 72.3 Å². The molecule has 4 rings (SSSR count). The number of nitrogens with zero attached hydrogens (tertiary/aromatic N) is 4. The molecule has 0 bridgehead atoms. The zero-order valence-electron chi connectivity index (χ0n) is 15.7. The van der Waals surface area contributed by atoms with Crippen molar-refractivity contribution in [2.45, 2.75) is 15.8 Å². The van der Waals surface area contributed by atoms with Crippen LogP contribution >= 0.6 is 11.8 Å². The summed E-state index contributed by atoms with van der Waals surface area (Å²) in [6, 6.07) is 14.5. The summed E-state index contributed by atoms with van der Waals surface area (Å²) in [7, 11) is 3.50. The van der Waals surface area contributed by atoms with Gasteiger partial charge in [0, 0.05) is 41.9 Å². The second-order valence-electron chi connectivity index (χ2n) is 6.53. The second kappa shape index (κ2) is 8.00. The van der Waals surface area contributed by atoms with E-state index in [2.05, 4.69) is 40.3 Å². The van der Waals surface area contributed by atoms with E-state index in [-0.39, 0.29) is 6.04 Å². The Bertz CT molecular complexity index is 1010. The van der Waals surface area contributed by atoms with Gasteiger partial charge in [-0.15, -0.1) is 0 Å². The second-order valence-corrected chi connectivity index (χ2v) is 7.61. The van der Waals surface area contributed by atoms with E-state index in [1.807, 2.05) is 31.6 Å². The molecule has 1 aromatic heterocycles. The molecule has 1 atom stereocenters. The molecule has 0 fully saturated rings.